The fourth-order valence-electron chi connectivity index (χ4n) is 4.24. The highest BCUT2D eigenvalue weighted by atomic mass is 35.5. The van der Waals surface area contributed by atoms with E-state index in [1.165, 1.54) is 6.07 Å². The number of hydrogen-bond acceptors (Lipinski definition) is 6. The summed E-state index contributed by atoms with van der Waals surface area (Å²) < 4.78 is 39.6. The molecule has 0 unspecified atom stereocenters. The summed E-state index contributed by atoms with van der Waals surface area (Å²) in [5, 5.41) is 13.2. The molecule has 2 aliphatic heterocycles. The van der Waals surface area contributed by atoms with Crippen LogP contribution in [-0.2, 0) is 19.3 Å². The number of piperidine rings is 1. The number of nitrogen functional groups attached to an aromatic ring is 1. The first-order valence-corrected chi connectivity index (χ1v) is 11.3. The summed E-state index contributed by atoms with van der Waals surface area (Å²) in [7, 11) is 0. The smallest absolute Gasteiger partial charge is 0.399 e. The molecule has 4 N–H and O–H groups in total. The fourth-order valence-corrected chi connectivity index (χ4v) is 4.42. The number of halogens is 4. The Morgan fingerprint density at radius 3 is 2.53 bits per heavy atom. The second-order valence-electron chi connectivity index (χ2n) is 9.14. The lowest BCUT2D eigenvalue weighted by atomic mass is 9.94. The number of nitrogens with two attached hydrogens (primary N) is 1. The van der Waals surface area contributed by atoms with Gasteiger partial charge in [0.1, 0.15) is 5.82 Å². The maximum Gasteiger partial charge on any atom is 0.416 e. The van der Waals surface area contributed by atoms with Crippen molar-refractivity contribution in [3.63, 3.8) is 0 Å². The van der Waals surface area contributed by atoms with Gasteiger partial charge >= 0.3 is 12.2 Å². The molecule has 1 fully saturated rings. The van der Waals surface area contributed by atoms with E-state index >= 15 is 0 Å². The molecule has 34 heavy (non-hydrogen) atoms. The third-order valence-corrected chi connectivity index (χ3v) is 6.46. The first-order valence-electron chi connectivity index (χ1n) is 10.9. The fraction of sp³-hybridized carbons (Fsp3) is 0.500. The van der Waals surface area contributed by atoms with Crippen molar-refractivity contribution in [1.29, 1.82) is 0 Å². The Kier molecular flexibility index (Phi) is 6.28. The van der Waals surface area contributed by atoms with Crippen molar-refractivity contribution < 1.29 is 23.1 Å². The molecule has 0 spiro atoms. The Balaban J connectivity index is 1.53. The van der Waals surface area contributed by atoms with Gasteiger partial charge in [-0.15, -0.1) is 0 Å². The van der Waals surface area contributed by atoms with Crippen LogP contribution in [0.3, 0.4) is 0 Å². The van der Waals surface area contributed by atoms with E-state index in [1.54, 1.807) is 23.6 Å². The van der Waals surface area contributed by atoms with Crippen molar-refractivity contribution in [3.05, 3.63) is 45.9 Å². The predicted molar refractivity (Wildman–Crippen MR) is 121 cm³/mol. The van der Waals surface area contributed by atoms with Gasteiger partial charge in [-0.3, -0.25) is 0 Å². The number of carbonyl (C=O) groups excluding carboxylic acids is 1. The Labute approximate surface area is 199 Å². The van der Waals surface area contributed by atoms with Crippen LogP contribution in [0, 0.1) is 0 Å². The molecule has 0 radical (unpaired) electrons. The third-order valence-electron chi connectivity index (χ3n) is 6.29. The number of nitrogens with one attached hydrogen (secondary N) is 1. The molecule has 0 saturated carbocycles. The summed E-state index contributed by atoms with van der Waals surface area (Å²) in [5.41, 5.74) is 5.67. The molecule has 1 saturated heterocycles. The zero-order chi connectivity index (χ0) is 24.8. The lowest BCUT2D eigenvalue weighted by Crippen LogP contribution is -2.49. The number of aromatic nitrogens is 2. The number of aliphatic hydroxyl groups is 1. The molecule has 184 valence electrons. The second-order valence-corrected chi connectivity index (χ2v) is 9.48. The molecule has 8 nitrogen and oxygen atoms in total. The van der Waals surface area contributed by atoms with E-state index in [4.69, 9.17) is 17.3 Å². The van der Waals surface area contributed by atoms with Crippen LogP contribution in [0.2, 0.25) is 5.28 Å². The van der Waals surface area contributed by atoms with Crippen molar-refractivity contribution in [2.75, 3.05) is 24.1 Å². The van der Waals surface area contributed by atoms with Crippen LogP contribution < -0.4 is 11.1 Å². The van der Waals surface area contributed by atoms with E-state index in [2.05, 4.69) is 15.3 Å². The number of rotatable bonds is 3. The maximum atomic E-state index is 13.2. The first-order chi connectivity index (χ1) is 15.8. The van der Waals surface area contributed by atoms with E-state index in [1.807, 2.05) is 0 Å². The highest BCUT2D eigenvalue weighted by molar-refractivity contribution is 6.28. The first kappa shape index (κ1) is 24.3. The molecular weight excluding hydrogens is 473 g/mol. The molecule has 1 aromatic heterocycles. The van der Waals surface area contributed by atoms with Gasteiger partial charge in [-0.1, -0.05) is 0 Å². The highest BCUT2D eigenvalue weighted by Crippen LogP contribution is 2.35. The van der Waals surface area contributed by atoms with Crippen molar-refractivity contribution in [1.82, 2.24) is 19.8 Å². The molecule has 2 aliphatic rings. The average molecular weight is 499 g/mol. The number of urea groups is 1. The van der Waals surface area contributed by atoms with Crippen LogP contribution in [0.25, 0.3) is 0 Å². The quantitative estimate of drug-likeness (QED) is 0.433. The van der Waals surface area contributed by atoms with E-state index in [9.17, 15) is 23.1 Å². The molecule has 3 heterocycles. The molecule has 12 heteroatoms. The Morgan fingerprint density at radius 1 is 1.21 bits per heavy atom. The van der Waals surface area contributed by atoms with E-state index in [0.29, 0.717) is 48.6 Å². The van der Waals surface area contributed by atoms with E-state index < -0.39 is 23.4 Å². The summed E-state index contributed by atoms with van der Waals surface area (Å²) in [6.07, 6.45) is -3.53. The lowest BCUT2D eigenvalue weighted by Gasteiger charge is -2.37. The maximum absolute atomic E-state index is 13.2. The summed E-state index contributed by atoms with van der Waals surface area (Å²) in [4.78, 5) is 24.8. The van der Waals surface area contributed by atoms with Crippen LogP contribution in [0.4, 0.5) is 29.5 Å². The number of hydrogen-bond donors (Lipinski definition) is 3. The molecule has 0 bridgehead atoms. The van der Waals surface area contributed by atoms with Crippen LogP contribution in [0.5, 0.6) is 0 Å². The Hall–Kier alpha value is -2.79. The van der Waals surface area contributed by atoms with Gasteiger partial charge in [0.2, 0.25) is 5.28 Å². The van der Waals surface area contributed by atoms with Crippen LogP contribution in [0.1, 0.15) is 55.1 Å². The molecule has 2 amide bonds. The van der Waals surface area contributed by atoms with Crippen LogP contribution >= 0.6 is 11.6 Å². The minimum absolute atomic E-state index is 0.00158. The van der Waals surface area contributed by atoms with E-state index in [0.717, 1.165) is 12.1 Å². The second kappa shape index (κ2) is 8.77. The zero-order valence-electron chi connectivity index (χ0n) is 18.8. The van der Waals surface area contributed by atoms with Crippen LogP contribution in [-0.4, -0.2) is 49.6 Å². The van der Waals surface area contributed by atoms with Gasteiger partial charge < -0.3 is 26.0 Å². The topological polar surface area (TPSA) is 108 Å². The standard InChI is InChI=1S/C22H26ClF3N6O2/c1-12(13-7-14(22(24,25)26)9-15(27)8-13)28-18-16-10-32(11-17(16)29-19(23)30-18)20(33)31-5-3-21(2,34)4-6-31/h7-9,12,34H,3-6,10-11,27H2,1-2H3,(H,28,29,30)/t12-/m1/s1. The van der Waals surface area contributed by atoms with Gasteiger partial charge in [0.05, 0.1) is 36.0 Å². The summed E-state index contributed by atoms with van der Waals surface area (Å²) in [6.45, 7) is 4.82. The molecule has 2 aromatic rings. The number of fused-ring (bicyclic) bond motifs is 1. The monoisotopic (exact) mass is 498 g/mol. The normalized spacial score (nSPS) is 18.6. The number of nitrogens with zero attached hydrogens (tertiary/aromatic N) is 4. The summed E-state index contributed by atoms with van der Waals surface area (Å²) in [5.74, 6) is 0.357. The minimum Gasteiger partial charge on any atom is -0.399 e. The Bertz CT molecular complexity index is 1100. The van der Waals surface area contributed by atoms with Gasteiger partial charge in [-0.25, -0.2) is 14.8 Å². The van der Waals surface area contributed by atoms with Gasteiger partial charge in [-0.2, -0.15) is 13.2 Å². The number of benzene rings is 1. The summed E-state index contributed by atoms with van der Waals surface area (Å²) in [6, 6.07) is 2.65. The molecule has 1 atom stereocenters. The highest BCUT2D eigenvalue weighted by Gasteiger charge is 2.35. The molecular formula is C22H26ClF3N6O2. The van der Waals surface area contributed by atoms with Crippen molar-refractivity contribution >= 4 is 29.1 Å². The third kappa shape index (κ3) is 5.15. The number of amides is 2. The average Bonchev–Trinajstić information content (AvgIpc) is 3.16. The van der Waals surface area contributed by atoms with Crippen molar-refractivity contribution in [2.45, 2.75) is 57.6 Å². The number of alkyl halides is 3. The molecule has 4 rings (SSSR count). The molecule has 0 aliphatic carbocycles. The minimum atomic E-state index is -4.52. The van der Waals surface area contributed by atoms with Gasteiger partial charge in [0.25, 0.3) is 0 Å². The van der Waals surface area contributed by atoms with E-state index in [-0.39, 0.29) is 30.1 Å². The van der Waals surface area contributed by atoms with Gasteiger partial charge in [0, 0.05) is 24.3 Å². The van der Waals surface area contributed by atoms with Crippen molar-refractivity contribution in [3.8, 4) is 0 Å². The van der Waals surface area contributed by atoms with Gasteiger partial charge in [-0.05, 0) is 62.1 Å². The predicted octanol–water partition coefficient (Wildman–Crippen LogP) is 4.19. The largest absolute Gasteiger partial charge is 0.416 e. The molecule has 1 aromatic carbocycles. The van der Waals surface area contributed by atoms with Crippen LogP contribution in [0.15, 0.2) is 18.2 Å². The zero-order valence-corrected chi connectivity index (χ0v) is 19.5. The number of carbonyl (C=O) groups is 1. The van der Waals surface area contributed by atoms with Crippen molar-refractivity contribution in [2.24, 2.45) is 0 Å². The lowest BCUT2D eigenvalue weighted by molar-refractivity contribution is -0.137. The number of likely N-dealkylation sites (tertiary alicyclic amines) is 1. The van der Waals surface area contributed by atoms with Gasteiger partial charge in [0.15, 0.2) is 0 Å². The number of anilines is 2. The summed E-state index contributed by atoms with van der Waals surface area (Å²) >= 11 is 6.10. The SMILES string of the molecule is C[C@@H](Nc1nc(Cl)nc2c1CN(C(=O)N1CCC(C)(O)CC1)C2)c1cc(N)cc(C(F)(F)F)c1. The Morgan fingerprint density at radius 2 is 1.88 bits per heavy atom.